The molecule has 0 aromatic rings. The highest BCUT2D eigenvalue weighted by atomic mass is 19.1. The fourth-order valence-electron chi connectivity index (χ4n) is 1.60. The minimum absolute atomic E-state index is 0.0164. The Morgan fingerprint density at radius 1 is 1.54 bits per heavy atom. The highest BCUT2D eigenvalue weighted by molar-refractivity contribution is 5.76. The number of carbonyl (C=O) groups is 1. The Labute approximate surface area is 78.1 Å². The lowest BCUT2D eigenvalue weighted by atomic mass is 9.91. The van der Waals surface area contributed by atoms with Crippen molar-refractivity contribution in [1.29, 1.82) is 0 Å². The van der Waals surface area contributed by atoms with Crippen molar-refractivity contribution in [2.24, 2.45) is 0 Å². The summed E-state index contributed by atoms with van der Waals surface area (Å²) in [6.45, 7) is 3.77. The molecule has 0 unspecified atom stereocenters. The van der Waals surface area contributed by atoms with Crippen molar-refractivity contribution in [1.82, 2.24) is 10.6 Å². The molecule has 4 heteroatoms. The molecule has 0 aromatic heterocycles. The summed E-state index contributed by atoms with van der Waals surface area (Å²) in [4.78, 5) is 11.1. The molecule has 1 heterocycles. The lowest BCUT2D eigenvalue weighted by Crippen LogP contribution is -2.42. The molecule has 76 valence electrons. The molecule has 1 saturated heterocycles. The lowest BCUT2D eigenvalue weighted by Gasteiger charge is -2.29. The summed E-state index contributed by atoms with van der Waals surface area (Å²) in [7, 11) is 0. The van der Waals surface area contributed by atoms with Crippen LogP contribution in [-0.2, 0) is 4.79 Å². The quantitative estimate of drug-likeness (QED) is 0.681. The maximum absolute atomic E-state index is 13.8. The summed E-state index contributed by atoms with van der Waals surface area (Å²) in [5.41, 5.74) is -1.27. The second-order valence-corrected chi connectivity index (χ2v) is 3.53. The summed E-state index contributed by atoms with van der Waals surface area (Å²) >= 11 is 0. The fourth-order valence-corrected chi connectivity index (χ4v) is 1.60. The third-order valence-corrected chi connectivity index (χ3v) is 2.35. The third-order valence-electron chi connectivity index (χ3n) is 2.35. The SMILES string of the molecule is CCNC(=O)CC1(F)CCNCC1. The molecule has 0 bridgehead atoms. The first-order chi connectivity index (χ1) is 6.16. The summed E-state index contributed by atoms with van der Waals surface area (Å²) in [6, 6.07) is 0. The molecule has 13 heavy (non-hydrogen) atoms. The van der Waals surface area contributed by atoms with Crippen molar-refractivity contribution < 1.29 is 9.18 Å². The Morgan fingerprint density at radius 3 is 2.69 bits per heavy atom. The minimum atomic E-state index is -1.27. The minimum Gasteiger partial charge on any atom is -0.356 e. The van der Waals surface area contributed by atoms with Gasteiger partial charge >= 0.3 is 0 Å². The number of amides is 1. The number of piperidine rings is 1. The van der Waals surface area contributed by atoms with E-state index in [1.807, 2.05) is 6.92 Å². The molecule has 0 aliphatic carbocycles. The third kappa shape index (κ3) is 3.30. The molecule has 1 aliphatic heterocycles. The van der Waals surface area contributed by atoms with Gasteiger partial charge in [-0.15, -0.1) is 0 Å². The van der Waals surface area contributed by atoms with Crippen LogP contribution in [0.5, 0.6) is 0 Å². The van der Waals surface area contributed by atoms with Crippen LogP contribution in [-0.4, -0.2) is 31.2 Å². The van der Waals surface area contributed by atoms with Crippen LogP contribution in [0.25, 0.3) is 0 Å². The topological polar surface area (TPSA) is 41.1 Å². The second-order valence-electron chi connectivity index (χ2n) is 3.53. The van der Waals surface area contributed by atoms with E-state index in [0.717, 1.165) is 0 Å². The van der Waals surface area contributed by atoms with Crippen molar-refractivity contribution in [2.45, 2.75) is 31.9 Å². The Kier molecular flexibility index (Phi) is 3.66. The number of hydrogen-bond acceptors (Lipinski definition) is 2. The second kappa shape index (κ2) is 4.56. The van der Waals surface area contributed by atoms with Crippen LogP contribution in [0.2, 0.25) is 0 Å². The number of carbonyl (C=O) groups excluding carboxylic acids is 1. The van der Waals surface area contributed by atoms with Crippen molar-refractivity contribution in [3.63, 3.8) is 0 Å². The normalized spacial score (nSPS) is 21.1. The van der Waals surface area contributed by atoms with Gasteiger partial charge in [-0.25, -0.2) is 4.39 Å². The van der Waals surface area contributed by atoms with E-state index in [1.165, 1.54) is 0 Å². The number of nitrogens with one attached hydrogen (secondary N) is 2. The average Bonchev–Trinajstić information content (AvgIpc) is 2.04. The van der Waals surface area contributed by atoms with Gasteiger partial charge in [-0.3, -0.25) is 4.79 Å². The maximum Gasteiger partial charge on any atom is 0.223 e. The predicted molar refractivity (Wildman–Crippen MR) is 49.2 cm³/mol. The van der Waals surface area contributed by atoms with Gasteiger partial charge in [0.1, 0.15) is 5.67 Å². The molecule has 0 aromatic carbocycles. The number of halogens is 1. The van der Waals surface area contributed by atoms with Gasteiger partial charge in [0.2, 0.25) is 5.91 Å². The smallest absolute Gasteiger partial charge is 0.223 e. The van der Waals surface area contributed by atoms with Crippen molar-refractivity contribution in [3.05, 3.63) is 0 Å². The number of hydrogen-bond donors (Lipinski definition) is 2. The molecule has 1 rings (SSSR count). The van der Waals surface area contributed by atoms with Crippen LogP contribution in [0.4, 0.5) is 4.39 Å². The first kappa shape index (κ1) is 10.4. The monoisotopic (exact) mass is 188 g/mol. The van der Waals surface area contributed by atoms with Gasteiger partial charge in [0.15, 0.2) is 0 Å². The molecule has 2 N–H and O–H groups in total. The molecular weight excluding hydrogens is 171 g/mol. The Hall–Kier alpha value is -0.640. The van der Waals surface area contributed by atoms with Crippen LogP contribution < -0.4 is 10.6 Å². The molecule has 1 fully saturated rings. The van der Waals surface area contributed by atoms with Gasteiger partial charge in [0, 0.05) is 6.54 Å². The molecule has 1 amide bonds. The average molecular weight is 188 g/mol. The van der Waals surface area contributed by atoms with Gasteiger partial charge in [-0.1, -0.05) is 0 Å². The Morgan fingerprint density at radius 2 is 2.15 bits per heavy atom. The van der Waals surface area contributed by atoms with Gasteiger partial charge < -0.3 is 10.6 Å². The van der Waals surface area contributed by atoms with Crippen LogP contribution >= 0.6 is 0 Å². The van der Waals surface area contributed by atoms with Gasteiger partial charge in [0.25, 0.3) is 0 Å². The largest absolute Gasteiger partial charge is 0.356 e. The summed E-state index contributed by atoms with van der Waals surface area (Å²) in [5, 5.41) is 5.69. The van der Waals surface area contributed by atoms with Crippen molar-refractivity contribution in [2.75, 3.05) is 19.6 Å². The van der Waals surface area contributed by atoms with Gasteiger partial charge in [-0.2, -0.15) is 0 Å². The molecule has 0 atom stereocenters. The van der Waals surface area contributed by atoms with E-state index in [-0.39, 0.29) is 12.3 Å². The number of rotatable bonds is 3. The lowest BCUT2D eigenvalue weighted by molar-refractivity contribution is -0.124. The van der Waals surface area contributed by atoms with Crippen LogP contribution in [0.3, 0.4) is 0 Å². The standard InChI is InChI=1S/C9H17FN2O/c1-2-12-8(13)7-9(10)3-5-11-6-4-9/h11H,2-7H2,1H3,(H,12,13). The van der Waals surface area contributed by atoms with E-state index in [0.29, 0.717) is 32.5 Å². The summed E-state index contributed by atoms with van der Waals surface area (Å²) in [6.07, 6.45) is 0.913. The first-order valence-corrected chi connectivity index (χ1v) is 4.83. The van der Waals surface area contributed by atoms with E-state index in [2.05, 4.69) is 10.6 Å². The summed E-state index contributed by atoms with van der Waals surface area (Å²) in [5.74, 6) is -0.174. The first-order valence-electron chi connectivity index (χ1n) is 4.83. The number of alkyl halides is 1. The van der Waals surface area contributed by atoms with E-state index < -0.39 is 5.67 Å². The summed E-state index contributed by atoms with van der Waals surface area (Å²) < 4.78 is 13.8. The predicted octanol–water partition coefficient (Wildman–Crippen LogP) is 0.604. The van der Waals surface area contributed by atoms with E-state index in [4.69, 9.17) is 0 Å². The zero-order valence-electron chi connectivity index (χ0n) is 8.03. The molecule has 0 radical (unpaired) electrons. The Bertz CT molecular complexity index is 178. The van der Waals surface area contributed by atoms with Gasteiger partial charge in [-0.05, 0) is 32.9 Å². The molecular formula is C9H17FN2O. The van der Waals surface area contributed by atoms with Gasteiger partial charge in [0.05, 0.1) is 6.42 Å². The molecule has 3 nitrogen and oxygen atoms in total. The molecule has 1 aliphatic rings. The zero-order valence-corrected chi connectivity index (χ0v) is 8.03. The zero-order chi connectivity index (χ0) is 9.73. The van der Waals surface area contributed by atoms with Crippen LogP contribution in [0, 0.1) is 0 Å². The highest BCUT2D eigenvalue weighted by Gasteiger charge is 2.33. The van der Waals surface area contributed by atoms with Crippen LogP contribution in [0.1, 0.15) is 26.2 Å². The van der Waals surface area contributed by atoms with E-state index in [9.17, 15) is 9.18 Å². The van der Waals surface area contributed by atoms with Crippen molar-refractivity contribution >= 4 is 5.91 Å². The molecule has 0 spiro atoms. The van der Waals surface area contributed by atoms with Crippen molar-refractivity contribution in [3.8, 4) is 0 Å². The highest BCUT2D eigenvalue weighted by Crippen LogP contribution is 2.26. The maximum atomic E-state index is 13.8. The van der Waals surface area contributed by atoms with E-state index >= 15 is 0 Å². The van der Waals surface area contributed by atoms with E-state index in [1.54, 1.807) is 0 Å². The fraction of sp³-hybridized carbons (Fsp3) is 0.889. The van der Waals surface area contributed by atoms with Crippen LogP contribution in [0.15, 0.2) is 0 Å². The Balaban J connectivity index is 2.36. The molecule has 0 saturated carbocycles.